The minimum atomic E-state index is -0.122. The summed E-state index contributed by atoms with van der Waals surface area (Å²) in [6.45, 7) is 9.55. The Morgan fingerprint density at radius 2 is 1.63 bits per heavy atom. The summed E-state index contributed by atoms with van der Waals surface area (Å²) in [6, 6.07) is 3.43. The number of rotatable bonds is 9. The summed E-state index contributed by atoms with van der Waals surface area (Å²) in [5.41, 5.74) is 2.54. The van der Waals surface area contributed by atoms with Gasteiger partial charge >= 0.3 is 0 Å². The highest BCUT2D eigenvalue weighted by molar-refractivity contribution is 5.95. The van der Waals surface area contributed by atoms with Crippen LogP contribution in [0, 0.1) is 6.92 Å². The number of hydrogen-bond donors (Lipinski definition) is 0. The van der Waals surface area contributed by atoms with Gasteiger partial charge in [0.15, 0.2) is 11.5 Å². The van der Waals surface area contributed by atoms with Crippen LogP contribution in [0.25, 0.3) is 0 Å². The van der Waals surface area contributed by atoms with Crippen LogP contribution in [0.5, 0.6) is 17.2 Å². The molecule has 0 aliphatic carbocycles. The first kappa shape index (κ1) is 20.6. The number of aromatic nitrogens is 2. The van der Waals surface area contributed by atoms with Crippen LogP contribution in [0.3, 0.4) is 0 Å². The number of hydrogen-bond acceptors (Lipinski definition) is 5. The van der Waals surface area contributed by atoms with Crippen molar-refractivity contribution in [1.82, 2.24) is 14.7 Å². The molecule has 148 valence electrons. The molecular weight excluding hydrogens is 346 g/mol. The van der Waals surface area contributed by atoms with Crippen molar-refractivity contribution in [3.63, 3.8) is 0 Å². The van der Waals surface area contributed by atoms with Crippen molar-refractivity contribution in [2.24, 2.45) is 7.05 Å². The lowest BCUT2D eigenvalue weighted by Crippen LogP contribution is -2.26. The average Bonchev–Trinajstić information content (AvgIpc) is 2.96. The molecule has 0 aliphatic heterocycles. The third-order valence-electron chi connectivity index (χ3n) is 4.25. The number of nitrogens with zero attached hydrogens (tertiary/aromatic N) is 3. The van der Waals surface area contributed by atoms with E-state index in [0.29, 0.717) is 49.2 Å². The molecule has 0 aliphatic rings. The Kier molecular flexibility index (Phi) is 7.10. The van der Waals surface area contributed by atoms with Crippen LogP contribution >= 0.6 is 0 Å². The SMILES string of the molecule is CCOc1cc(C(=O)N(C)Cc2cnn(C)c2C)cc(OCC)c1OCC. The number of amides is 1. The summed E-state index contributed by atoms with van der Waals surface area (Å²) in [6.07, 6.45) is 1.79. The van der Waals surface area contributed by atoms with Gasteiger partial charge in [0.05, 0.1) is 26.0 Å². The molecule has 27 heavy (non-hydrogen) atoms. The fraction of sp³-hybridized carbons (Fsp3) is 0.500. The minimum absolute atomic E-state index is 0.122. The van der Waals surface area contributed by atoms with Gasteiger partial charge in [-0.25, -0.2) is 0 Å². The highest BCUT2D eigenvalue weighted by atomic mass is 16.5. The van der Waals surface area contributed by atoms with Crippen LogP contribution in [0.15, 0.2) is 18.3 Å². The molecule has 7 nitrogen and oxygen atoms in total. The van der Waals surface area contributed by atoms with E-state index in [1.54, 1.807) is 35.0 Å². The molecule has 7 heteroatoms. The van der Waals surface area contributed by atoms with Gasteiger partial charge in [0.1, 0.15) is 0 Å². The lowest BCUT2D eigenvalue weighted by Gasteiger charge is -2.20. The molecule has 0 saturated heterocycles. The van der Waals surface area contributed by atoms with Crippen molar-refractivity contribution in [2.45, 2.75) is 34.2 Å². The van der Waals surface area contributed by atoms with Crippen LogP contribution in [0.2, 0.25) is 0 Å². The molecule has 0 saturated carbocycles. The molecule has 2 aromatic rings. The number of carbonyl (C=O) groups excluding carboxylic acids is 1. The molecule has 0 fully saturated rings. The van der Waals surface area contributed by atoms with Gasteiger partial charge in [-0.05, 0) is 39.8 Å². The normalized spacial score (nSPS) is 10.6. The molecule has 0 radical (unpaired) electrons. The van der Waals surface area contributed by atoms with Crippen LogP contribution in [-0.4, -0.2) is 47.5 Å². The Balaban J connectivity index is 2.34. The summed E-state index contributed by atoms with van der Waals surface area (Å²) in [5.74, 6) is 1.44. The van der Waals surface area contributed by atoms with E-state index in [1.165, 1.54) is 0 Å². The maximum Gasteiger partial charge on any atom is 0.254 e. The van der Waals surface area contributed by atoms with E-state index >= 15 is 0 Å². The van der Waals surface area contributed by atoms with Crippen LogP contribution < -0.4 is 14.2 Å². The van der Waals surface area contributed by atoms with Gasteiger partial charge < -0.3 is 19.1 Å². The van der Waals surface area contributed by atoms with Crippen molar-refractivity contribution in [3.8, 4) is 17.2 Å². The van der Waals surface area contributed by atoms with Crippen molar-refractivity contribution in [2.75, 3.05) is 26.9 Å². The average molecular weight is 375 g/mol. The number of aryl methyl sites for hydroxylation is 1. The Labute approximate surface area is 160 Å². The number of benzene rings is 1. The molecular formula is C20H29N3O4. The monoisotopic (exact) mass is 375 g/mol. The third kappa shape index (κ3) is 4.72. The molecule has 1 heterocycles. The second kappa shape index (κ2) is 9.30. The Morgan fingerprint density at radius 3 is 2.07 bits per heavy atom. The maximum absolute atomic E-state index is 13.0. The highest BCUT2D eigenvalue weighted by Crippen LogP contribution is 2.39. The van der Waals surface area contributed by atoms with Crippen LogP contribution in [-0.2, 0) is 13.6 Å². The zero-order valence-electron chi connectivity index (χ0n) is 17.0. The Hall–Kier alpha value is -2.70. The molecule has 0 spiro atoms. The van der Waals surface area contributed by atoms with Gasteiger partial charge in [-0.1, -0.05) is 0 Å². The third-order valence-corrected chi connectivity index (χ3v) is 4.25. The van der Waals surface area contributed by atoms with E-state index in [9.17, 15) is 4.79 Å². The zero-order valence-corrected chi connectivity index (χ0v) is 17.0. The van der Waals surface area contributed by atoms with E-state index in [1.807, 2.05) is 34.7 Å². The van der Waals surface area contributed by atoms with Crippen molar-refractivity contribution in [3.05, 3.63) is 35.2 Å². The van der Waals surface area contributed by atoms with Gasteiger partial charge in [-0.2, -0.15) is 5.10 Å². The molecule has 0 atom stereocenters. The molecule has 1 aromatic heterocycles. The van der Waals surface area contributed by atoms with Crippen molar-refractivity contribution < 1.29 is 19.0 Å². The standard InChI is InChI=1S/C20H29N3O4/c1-7-25-17-10-15(11-18(26-8-2)19(17)27-9-3)20(24)22(5)13-16-12-21-23(6)14(16)4/h10-12H,7-9,13H2,1-6H3. The van der Waals surface area contributed by atoms with Gasteiger partial charge in [-0.15, -0.1) is 0 Å². The largest absolute Gasteiger partial charge is 0.490 e. The molecule has 0 N–H and O–H groups in total. The summed E-state index contributed by atoms with van der Waals surface area (Å²) in [5, 5.41) is 4.23. The first-order chi connectivity index (χ1) is 12.9. The quantitative estimate of drug-likeness (QED) is 0.673. The number of carbonyl (C=O) groups is 1. The molecule has 1 aromatic carbocycles. The lowest BCUT2D eigenvalue weighted by molar-refractivity contribution is 0.0783. The smallest absolute Gasteiger partial charge is 0.254 e. The summed E-state index contributed by atoms with van der Waals surface area (Å²) in [7, 11) is 3.65. The van der Waals surface area contributed by atoms with Crippen LogP contribution in [0.1, 0.15) is 42.4 Å². The molecule has 1 amide bonds. The van der Waals surface area contributed by atoms with Crippen molar-refractivity contribution in [1.29, 1.82) is 0 Å². The van der Waals surface area contributed by atoms with E-state index < -0.39 is 0 Å². The fourth-order valence-electron chi connectivity index (χ4n) is 2.76. The fourth-order valence-corrected chi connectivity index (χ4v) is 2.76. The molecule has 2 rings (SSSR count). The topological polar surface area (TPSA) is 65.8 Å². The predicted molar refractivity (Wildman–Crippen MR) is 104 cm³/mol. The van der Waals surface area contributed by atoms with Gasteiger partial charge in [0.25, 0.3) is 5.91 Å². The Morgan fingerprint density at radius 1 is 1.07 bits per heavy atom. The number of ether oxygens (including phenoxy) is 3. The van der Waals surface area contributed by atoms with E-state index in [0.717, 1.165) is 11.3 Å². The Bertz CT molecular complexity index is 759. The second-order valence-electron chi connectivity index (χ2n) is 6.14. The van der Waals surface area contributed by atoms with E-state index in [2.05, 4.69) is 5.10 Å². The van der Waals surface area contributed by atoms with E-state index in [-0.39, 0.29) is 5.91 Å². The van der Waals surface area contributed by atoms with Gasteiger partial charge in [-0.3, -0.25) is 9.48 Å². The summed E-state index contributed by atoms with van der Waals surface area (Å²) >= 11 is 0. The predicted octanol–water partition coefficient (Wildman–Crippen LogP) is 3.20. The van der Waals surface area contributed by atoms with Gasteiger partial charge in [0, 0.05) is 37.5 Å². The second-order valence-corrected chi connectivity index (χ2v) is 6.14. The molecule has 0 unspecified atom stereocenters. The zero-order chi connectivity index (χ0) is 20.0. The van der Waals surface area contributed by atoms with Crippen LogP contribution in [0.4, 0.5) is 0 Å². The maximum atomic E-state index is 13.0. The van der Waals surface area contributed by atoms with Crippen molar-refractivity contribution >= 4 is 5.91 Å². The first-order valence-corrected chi connectivity index (χ1v) is 9.22. The summed E-state index contributed by atoms with van der Waals surface area (Å²) < 4.78 is 18.9. The minimum Gasteiger partial charge on any atom is -0.490 e. The lowest BCUT2D eigenvalue weighted by atomic mass is 10.1. The first-order valence-electron chi connectivity index (χ1n) is 9.22. The summed E-state index contributed by atoms with van der Waals surface area (Å²) in [4.78, 5) is 14.7. The molecule has 0 bridgehead atoms. The van der Waals surface area contributed by atoms with E-state index in [4.69, 9.17) is 14.2 Å². The van der Waals surface area contributed by atoms with Gasteiger partial charge in [0.2, 0.25) is 5.75 Å². The highest BCUT2D eigenvalue weighted by Gasteiger charge is 2.21.